The summed E-state index contributed by atoms with van der Waals surface area (Å²) in [6.07, 6.45) is 4.49. The highest BCUT2D eigenvalue weighted by molar-refractivity contribution is 5.95. The largest absolute Gasteiger partial charge is 0.393 e. The van der Waals surface area contributed by atoms with Gasteiger partial charge in [0.1, 0.15) is 0 Å². The summed E-state index contributed by atoms with van der Waals surface area (Å²) in [7, 11) is 0. The van der Waals surface area contributed by atoms with Crippen molar-refractivity contribution in [2.24, 2.45) is 5.73 Å². The van der Waals surface area contributed by atoms with Crippen LogP contribution in [0.2, 0.25) is 0 Å². The van der Waals surface area contributed by atoms with Crippen LogP contribution in [0, 0.1) is 0 Å². The smallest absolute Gasteiger partial charge is 0.251 e. The van der Waals surface area contributed by atoms with E-state index in [2.05, 4.69) is 5.32 Å². The lowest BCUT2D eigenvalue weighted by Gasteiger charge is -2.13. The number of benzene rings is 1. The van der Waals surface area contributed by atoms with Gasteiger partial charge in [-0.2, -0.15) is 0 Å². The van der Waals surface area contributed by atoms with Crippen molar-refractivity contribution in [3.05, 3.63) is 35.4 Å². The first kappa shape index (κ1) is 18.9. The van der Waals surface area contributed by atoms with Gasteiger partial charge in [-0.1, -0.05) is 18.2 Å². The van der Waals surface area contributed by atoms with Gasteiger partial charge in [0.25, 0.3) is 5.91 Å². The fourth-order valence-corrected chi connectivity index (χ4v) is 3.22. The Labute approximate surface area is 142 Å². The number of hydrogen-bond donors (Lipinski definition) is 5. The van der Waals surface area contributed by atoms with Crippen LogP contribution in [-0.2, 0) is 6.61 Å². The molecule has 1 aromatic carbocycles. The molecule has 2 saturated carbocycles. The molecule has 6 nitrogen and oxygen atoms in total. The zero-order valence-corrected chi connectivity index (χ0v) is 13.9. The summed E-state index contributed by atoms with van der Waals surface area (Å²) in [6.45, 7) is -0.142. The van der Waals surface area contributed by atoms with Crippen molar-refractivity contribution in [3.63, 3.8) is 0 Å². The summed E-state index contributed by atoms with van der Waals surface area (Å²) in [5.74, 6) is -0.172. The Kier molecular flexibility index (Phi) is 7.17. The number of nitrogens with two attached hydrogens (primary N) is 1. The summed E-state index contributed by atoms with van der Waals surface area (Å²) in [6, 6.07) is 7.32. The Morgan fingerprint density at radius 1 is 1.08 bits per heavy atom. The van der Waals surface area contributed by atoms with Gasteiger partial charge in [0.15, 0.2) is 0 Å². The van der Waals surface area contributed by atoms with Gasteiger partial charge in [0, 0.05) is 17.6 Å². The standard InChI is InChI=1S/C13H17NO3.C5H11NO/c15-8-9-3-1-2-4-12(9)13(17)14-10-5-6-11(16)7-10;6-4-1-2-5(7)3-4/h1-4,10-11,15-16H,5-8H2,(H,14,17);4-5,7H,1-3,6H2. The summed E-state index contributed by atoms with van der Waals surface area (Å²) in [5.41, 5.74) is 6.60. The first-order chi connectivity index (χ1) is 11.5. The third-order valence-corrected chi connectivity index (χ3v) is 4.62. The summed E-state index contributed by atoms with van der Waals surface area (Å²) in [5, 5.41) is 30.3. The van der Waals surface area contributed by atoms with Gasteiger partial charge in [-0.05, 0) is 50.2 Å². The Morgan fingerprint density at radius 2 is 1.75 bits per heavy atom. The highest BCUT2D eigenvalue weighted by atomic mass is 16.3. The van der Waals surface area contributed by atoms with Crippen molar-refractivity contribution < 1.29 is 20.1 Å². The topological polar surface area (TPSA) is 116 Å². The molecule has 0 saturated heterocycles. The number of aliphatic hydroxyl groups is 3. The zero-order valence-electron chi connectivity index (χ0n) is 13.9. The van der Waals surface area contributed by atoms with E-state index in [9.17, 15) is 9.90 Å². The van der Waals surface area contributed by atoms with E-state index in [0.29, 0.717) is 17.5 Å². The molecule has 0 radical (unpaired) electrons. The molecule has 0 aromatic heterocycles. The van der Waals surface area contributed by atoms with Crippen molar-refractivity contribution in [2.45, 2.75) is 69.4 Å². The lowest BCUT2D eigenvalue weighted by Crippen LogP contribution is -2.33. The van der Waals surface area contributed by atoms with Gasteiger partial charge >= 0.3 is 0 Å². The number of nitrogens with one attached hydrogen (secondary N) is 1. The third-order valence-electron chi connectivity index (χ3n) is 4.62. The third kappa shape index (κ3) is 5.56. The van der Waals surface area contributed by atoms with E-state index in [1.165, 1.54) is 0 Å². The SMILES string of the molecule is NC1CCC(O)C1.O=C(NC1CCC(O)C1)c1ccccc1CO. The van der Waals surface area contributed by atoms with Crippen LogP contribution < -0.4 is 11.1 Å². The van der Waals surface area contributed by atoms with Crippen LogP contribution in [0.15, 0.2) is 24.3 Å². The van der Waals surface area contributed by atoms with E-state index in [4.69, 9.17) is 15.9 Å². The molecule has 2 aliphatic carbocycles. The van der Waals surface area contributed by atoms with Crippen LogP contribution >= 0.6 is 0 Å². The van der Waals surface area contributed by atoms with E-state index < -0.39 is 0 Å². The van der Waals surface area contributed by atoms with Crippen molar-refractivity contribution >= 4 is 5.91 Å². The second-order valence-corrected chi connectivity index (χ2v) is 6.68. The van der Waals surface area contributed by atoms with Crippen molar-refractivity contribution in [1.29, 1.82) is 0 Å². The molecular weight excluding hydrogens is 308 g/mol. The molecule has 0 spiro atoms. The number of amides is 1. The fraction of sp³-hybridized carbons (Fsp3) is 0.611. The molecule has 4 atom stereocenters. The zero-order chi connectivity index (χ0) is 17.5. The van der Waals surface area contributed by atoms with Crippen LogP contribution in [0.5, 0.6) is 0 Å². The minimum absolute atomic E-state index is 0.0456. The Hall–Kier alpha value is -1.47. The second-order valence-electron chi connectivity index (χ2n) is 6.68. The van der Waals surface area contributed by atoms with Crippen LogP contribution in [0.3, 0.4) is 0 Å². The normalized spacial score (nSPS) is 29.0. The van der Waals surface area contributed by atoms with Gasteiger partial charge in [0.2, 0.25) is 0 Å². The van der Waals surface area contributed by atoms with Gasteiger partial charge in [-0.25, -0.2) is 0 Å². The number of carbonyl (C=O) groups excluding carboxylic acids is 1. The van der Waals surface area contributed by atoms with E-state index in [1.54, 1.807) is 24.3 Å². The molecule has 1 aromatic rings. The molecule has 4 unspecified atom stereocenters. The second kappa shape index (κ2) is 9.13. The number of rotatable bonds is 3. The number of aliphatic hydroxyl groups excluding tert-OH is 3. The van der Waals surface area contributed by atoms with E-state index >= 15 is 0 Å². The number of hydrogen-bond acceptors (Lipinski definition) is 5. The lowest BCUT2D eigenvalue weighted by molar-refractivity contribution is 0.0931. The Bertz CT molecular complexity index is 530. The maximum Gasteiger partial charge on any atom is 0.251 e. The van der Waals surface area contributed by atoms with Gasteiger partial charge in [0.05, 0.1) is 18.8 Å². The first-order valence-corrected chi connectivity index (χ1v) is 8.61. The van der Waals surface area contributed by atoms with Crippen LogP contribution in [-0.4, -0.2) is 45.5 Å². The fourth-order valence-electron chi connectivity index (χ4n) is 3.22. The molecule has 2 aliphatic rings. The maximum atomic E-state index is 12.0. The molecule has 3 rings (SSSR count). The average molecular weight is 336 g/mol. The highest BCUT2D eigenvalue weighted by Gasteiger charge is 2.24. The molecule has 0 heterocycles. The minimum atomic E-state index is -0.298. The molecule has 134 valence electrons. The van der Waals surface area contributed by atoms with Crippen molar-refractivity contribution in [3.8, 4) is 0 Å². The van der Waals surface area contributed by atoms with E-state index in [1.807, 2.05) is 0 Å². The molecule has 2 fully saturated rings. The Balaban J connectivity index is 0.000000249. The summed E-state index contributed by atoms with van der Waals surface area (Å²) in [4.78, 5) is 12.0. The molecule has 0 aliphatic heterocycles. The van der Waals surface area contributed by atoms with E-state index in [-0.39, 0.29) is 36.8 Å². The van der Waals surface area contributed by atoms with Crippen molar-refractivity contribution in [1.82, 2.24) is 5.32 Å². The lowest BCUT2D eigenvalue weighted by atomic mass is 10.1. The molecule has 24 heavy (non-hydrogen) atoms. The van der Waals surface area contributed by atoms with Crippen LogP contribution in [0.1, 0.15) is 54.4 Å². The van der Waals surface area contributed by atoms with E-state index in [0.717, 1.165) is 32.1 Å². The highest BCUT2D eigenvalue weighted by Crippen LogP contribution is 2.19. The average Bonchev–Trinajstić information content (AvgIpc) is 3.15. The van der Waals surface area contributed by atoms with Gasteiger partial charge in [-0.15, -0.1) is 0 Å². The van der Waals surface area contributed by atoms with Gasteiger partial charge < -0.3 is 26.4 Å². The van der Waals surface area contributed by atoms with Crippen molar-refractivity contribution in [2.75, 3.05) is 0 Å². The monoisotopic (exact) mass is 336 g/mol. The van der Waals surface area contributed by atoms with Gasteiger partial charge in [-0.3, -0.25) is 4.79 Å². The summed E-state index contributed by atoms with van der Waals surface area (Å²) >= 11 is 0. The molecule has 1 amide bonds. The Morgan fingerprint density at radius 3 is 2.25 bits per heavy atom. The summed E-state index contributed by atoms with van der Waals surface area (Å²) < 4.78 is 0. The molecule has 6 heteroatoms. The van der Waals surface area contributed by atoms with Crippen LogP contribution in [0.25, 0.3) is 0 Å². The van der Waals surface area contributed by atoms with Crippen LogP contribution in [0.4, 0.5) is 0 Å². The predicted octanol–water partition coefficient (Wildman–Crippen LogP) is 0.681. The molecule has 6 N–H and O–H groups in total. The molecule has 0 bridgehead atoms. The minimum Gasteiger partial charge on any atom is -0.393 e. The maximum absolute atomic E-state index is 12.0. The predicted molar refractivity (Wildman–Crippen MR) is 91.3 cm³/mol. The molecular formula is C18H28N2O4. The quantitative estimate of drug-likeness (QED) is 0.557. The first-order valence-electron chi connectivity index (χ1n) is 8.61. The number of carbonyl (C=O) groups is 1.